The quantitative estimate of drug-likeness (QED) is 0.257. The lowest BCUT2D eigenvalue weighted by atomic mass is 10.0. The predicted molar refractivity (Wildman–Crippen MR) is 111 cm³/mol. The Morgan fingerprint density at radius 3 is 2.72 bits per heavy atom. The Hall–Kier alpha value is -2.69. The van der Waals surface area contributed by atoms with Crippen molar-refractivity contribution in [2.45, 2.75) is 31.1 Å². The average molecular weight is 417 g/mol. The fraction of sp³-hybridized carbons (Fsp3) is 0.368. The maximum Gasteiger partial charge on any atom is 0.278 e. The van der Waals surface area contributed by atoms with Crippen molar-refractivity contribution in [2.75, 3.05) is 20.2 Å². The molecule has 154 valence electrons. The molecule has 0 saturated heterocycles. The number of pyridine rings is 1. The summed E-state index contributed by atoms with van der Waals surface area (Å²) in [4.78, 5) is 26.2. The number of ether oxygens (including phenoxy) is 2. The minimum atomic E-state index is -1.23. The fourth-order valence-corrected chi connectivity index (χ4v) is 3.09. The van der Waals surface area contributed by atoms with Crippen LogP contribution in [0.5, 0.6) is 5.75 Å². The molecule has 0 fully saturated rings. The first-order valence-electron chi connectivity index (χ1n) is 8.80. The molecule has 0 aliphatic heterocycles. The molecule has 3 aromatic heterocycles. The van der Waals surface area contributed by atoms with E-state index in [9.17, 15) is 9.90 Å². The van der Waals surface area contributed by atoms with Gasteiger partial charge in [-0.05, 0) is 20.1 Å². The maximum atomic E-state index is 12.9. The van der Waals surface area contributed by atoms with E-state index in [1.165, 1.54) is 29.8 Å². The van der Waals surface area contributed by atoms with Crippen molar-refractivity contribution in [1.29, 1.82) is 0 Å². The lowest BCUT2D eigenvalue weighted by Crippen LogP contribution is -2.24. The van der Waals surface area contributed by atoms with Gasteiger partial charge >= 0.3 is 0 Å². The second-order valence-corrected chi connectivity index (χ2v) is 7.51. The second kappa shape index (κ2) is 8.36. The van der Waals surface area contributed by atoms with Crippen LogP contribution < -0.4 is 10.3 Å². The molecule has 0 saturated carbocycles. The van der Waals surface area contributed by atoms with Gasteiger partial charge in [0.2, 0.25) is 0 Å². The predicted octanol–water partition coefficient (Wildman–Crippen LogP) is 2.10. The zero-order valence-corrected chi connectivity index (χ0v) is 17.6. The molecule has 3 heterocycles. The van der Waals surface area contributed by atoms with E-state index in [-0.39, 0.29) is 18.9 Å². The van der Waals surface area contributed by atoms with E-state index in [0.717, 1.165) is 0 Å². The molecular formula is C19H23N5O4S. The van der Waals surface area contributed by atoms with Gasteiger partial charge < -0.3 is 14.6 Å². The molecule has 0 atom stereocenters. The van der Waals surface area contributed by atoms with Gasteiger partial charge in [-0.25, -0.2) is 24.3 Å². The summed E-state index contributed by atoms with van der Waals surface area (Å²) in [6.45, 7) is 7.25. The number of rotatable bonds is 8. The van der Waals surface area contributed by atoms with E-state index in [4.69, 9.17) is 9.47 Å². The SMILES string of the molecule is C=CCn1c(=O)c2cnc(SC)nc2n1-c1cc(OCOC)cc(C(C)(C)O)n1. The summed E-state index contributed by atoms with van der Waals surface area (Å²) < 4.78 is 13.6. The van der Waals surface area contributed by atoms with Crippen LogP contribution in [0.15, 0.2) is 40.9 Å². The van der Waals surface area contributed by atoms with Gasteiger partial charge in [0.25, 0.3) is 5.56 Å². The number of nitrogens with zero attached hydrogens (tertiary/aromatic N) is 5. The van der Waals surface area contributed by atoms with Crippen molar-refractivity contribution in [2.24, 2.45) is 0 Å². The highest BCUT2D eigenvalue weighted by Crippen LogP contribution is 2.26. The van der Waals surface area contributed by atoms with Crippen LogP contribution in [0.1, 0.15) is 19.5 Å². The molecule has 3 rings (SSSR count). The van der Waals surface area contributed by atoms with Crippen LogP contribution in [0.25, 0.3) is 16.9 Å². The number of allylic oxidation sites excluding steroid dienone is 1. The second-order valence-electron chi connectivity index (χ2n) is 6.74. The van der Waals surface area contributed by atoms with Crippen LogP contribution in [0.2, 0.25) is 0 Å². The topological polar surface area (TPSA) is 104 Å². The summed E-state index contributed by atoms with van der Waals surface area (Å²) in [6.07, 6.45) is 4.98. The zero-order valence-electron chi connectivity index (χ0n) is 16.7. The smallest absolute Gasteiger partial charge is 0.278 e. The van der Waals surface area contributed by atoms with E-state index in [0.29, 0.717) is 33.5 Å². The highest BCUT2D eigenvalue weighted by molar-refractivity contribution is 7.98. The Bertz CT molecular complexity index is 1100. The highest BCUT2D eigenvalue weighted by Gasteiger charge is 2.23. The summed E-state index contributed by atoms with van der Waals surface area (Å²) in [5.41, 5.74) is -0.705. The van der Waals surface area contributed by atoms with Gasteiger partial charge in [-0.2, -0.15) is 0 Å². The molecule has 3 aromatic rings. The lowest BCUT2D eigenvalue weighted by Gasteiger charge is -2.20. The van der Waals surface area contributed by atoms with Crippen molar-refractivity contribution >= 4 is 22.8 Å². The van der Waals surface area contributed by atoms with Gasteiger partial charge in [-0.3, -0.25) is 4.79 Å². The van der Waals surface area contributed by atoms with E-state index in [1.807, 2.05) is 6.26 Å². The third-order valence-corrected chi connectivity index (χ3v) is 4.67. The molecule has 0 aliphatic rings. The molecule has 1 N–H and O–H groups in total. The first kappa shape index (κ1) is 21.0. The number of fused-ring (bicyclic) bond motifs is 1. The number of aromatic nitrogens is 5. The standard InChI is InChI=1S/C19H23N5O4S/c1-6-7-23-17(25)13-10-20-18(29-5)22-16(13)24(23)15-9-12(28-11-27-4)8-14(21-15)19(2,3)26/h6,8-10,26H,1,7,11H2,2-5H3. The van der Waals surface area contributed by atoms with Crippen molar-refractivity contribution < 1.29 is 14.6 Å². The maximum absolute atomic E-state index is 12.9. The minimum Gasteiger partial charge on any atom is -0.467 e. The number of hydrogen-bond acceptors (Lipinski definition) is 8. The molecule has 29 heavy (non-hydrogen) atoms. The molecule has 0 unspecified atom stereocenters. The van der Waals surface area contributed by atoms with Crippen molar-refractivity contribution in [1.82, 2.24) is 24.3 Å². The van der Waals surface area contributed by atoms with Gasteiger partial charge in [0.05, 0.1) is 12.2 Å². The fourth-order valence-electron chi connectivity index (χ4n) is 2.75. The summed E-state index contributed by atoms with van der Waals surface area (Å²) >= 11 is 1.37. The largest absolute Gasteiger partial charge is 0.467 e. The van der Waals surface area contributed by atoms with Crippen LogP contribution >= 0.6 is 11.8 Å². The third-order valence-electron chi connectivity index (χ3n) is 4.11. The Balaban J connectivity index is 2.34. The van der Waals surface area contributed by atoms with Gasteiger partial charge in [0.1, 0.15) is 16.7 Å². The summed E-state index contributed by atoms with van der Waals surface area (Å²) in [6, 6.07) is 3.29. The molecule has 9 nitrogen and oxygen atoms in total. The average Bonchev–Trinajstić information content (AvgIpc) is 2.97. The van der Waals surface area contributed by atoms with Crippen molar-refractivity contribution in [3.63, 3.8) is 0 Å². The first-order chi connectivity index (χ1) is 13.8. The molecule has 0 aromatic carbocycles. The molecule has 0 bridgehead atoms. The van der Waals surface area contributed by atoms with Gasteiger partial charge in [0.15, 0.2) is 23.4 Å². The van der Waals surface area contributed by atoms with Gasteiger partial charge in [-0.15, -0.1) is 6.58 Å². The molecule has 0 aliphatic carbocycles. The molecule has 0 radical (unpaired) electrons. The van der Waals surface area contributed by atoms with E-state index >= 15 is 0 Å². The van der Waals surface area contributed by atoms with Crippen LogP contribution in [0, 0.1) is 0 Å². The van der Waals surface area contributed by atoms with E-state index < -0.39 is 5.60 Å². The van der Waals surface area contributed by atoms with E-state index in [1.54, 1.807) is 36.7 Å². The lowest BCUT2D eigenvalue weighted by molar-refractivity contribution is 0.0491. The Kier molecular flexibility index (Phi) is 6.06. The van der Waals surface area contributed by atoms with Crippen LogP contribution in [0.4, 0.5) is 0 Å². The minimum absolute atomic E-state index is 0.0272. The Labute approximate surface area is 172 Å². The summed E-state index contributed by atoms with van der Waals surface area (Å²) in [5, 5.41) is 11.4. The van der Waals surface area contributed by atoms with Crippen LogP contribution in [-0.4, -0.2) is 49.6 Å². The number of hydrogen-bond donors (Lipinski definition) is 1. The number of thioether (sulfide) groups is 1. The summed E-state index contributed by atoms with van der Waals surface area (Å²) in [5.74, 6) is 0.808. The van der Waals surface area contributed by atoms with Crippen LogP contribution in [0.3, 0.4) is 0 Å². The molecule has 10 heteroatoms. The molecular weight excluding hydrogens is 394 g/mol. The number of methoxy groups -OCH3 is 1. The van der Waals surface area contributed by atoms with Crippen molar-refractivity contribution in [3.05, 3.63) is 47.0 Å². The van der Waals surface area contributed by atoms with Crippen LogP contribution in [-0.2, 0) is 16.9 Å². The monoisotopic (exact) mass is 417 g/mol. The third kappa shape index (κ3) is 4.19. The van der Waals surface area contributed by atoms with Gasteiger partial charge in [0, 0.05) is 25.4 Å². The van der Waals surface area contributed by atoms with Crippen molar-refractivity contribution in [3.8, 4) is 11.6 Å². The van der Waals surface area contributed by atoms with Gasteiger partial charge in [-0.1, -0.05) is 17.8 Å². The number of aliphatic hydroxyl groups is 1. The zero-order chi connectivity index (χ0) is 21.2. The highest BCUT2D eigenvalue weighted by atomic mass is 32.2. The Morgan fingerprint density at radius 2 is 2.10 bits per heavy atom. The molecule has 0 amide bonds. The molecule has 0 spiro atoms. The first-order valence-corrected chi connectivity index (χ1v) is 10.0. The van der Waals surface area contributed by atoms with E-state index in [2.05, 4.69) is 21.5 Å². The summed E-state index contributed by atoms with van der Waals surface area (Å²) in [7, 11) is 1.51. The normalized spacial score (nSPS) is 11.8. The Morgan fingerprint density at radius 1 is 1.34 bits per heavy atom.